The lowest BCUT2D eigenvalue weighted by atomic mass is 9.92. The summed E-state index contributed by atoms with van der Waals surface area (Å²) in [6, 6.07) is 13.5. The third-order valence-corrected chi connectivity index (χ3v) is 3.45. The molecule has 1 heterocycles. The van der Waals surface area contributed by atoms with E-state index in [2.05, 4.69) is 5.32 Å². The van der Waals surface area contributed by atoms with Crippen LogP contribution in [0, 0.1) is 10.1 Å². The van der Waals surface area contributed by atoms with Crippen molar-refractivity contribution in [1.82, 2.24) is 0 Å². The maximum absolute atomic E-state index is 12.1. The number of nitro benzene ring substituents is 1. The number of benzene rings is 2. The Kier molecular flexibility index (Phi) is 2.95. The van der Waals surface area contributed by atoms with Gasteiger partial charge in [0, 0.05) is 29.8 Å². The van der Waals surface area contributed by atoms with Crippen LogP contribution in [0.25, 0.3) is 0 Å². The molecule has 20 heavy (non-hydrogen) atoms. The monoisotopic (exact) mass is 268 g/mol. The average molecular weight is 268 g/mol. The van der Waals surface area contributed by atoms with E-state index in [1.165, 1.54) is 12.1 Å². The van der Waals surface area contributed by atoms with Gasteiger partial charge in [0.05, 0.1) is 11.0 Å². The lowest BCUT2D eigenvalue weighted by Crippen LogP contribution is -2.22. The molecule has 1 N–H and O–H groups in total. The zero-order chi connectivity index (χ0) is 14.1. The van der Waals surface area contributed by atoms with Crippen molar-refractivity contribution < 1.29 is 9.72 Å². The number of rotatable bonds is 2. The first-order valence-electron chi connectivity index (χ1n) is 6.28. The molecular weight excluding hydrogens is 256 g/mol. The van der Waals surface area contributed by atoms with Gasteiger partial charge in [-0.3, -0.25) is 14.9 Å². The lowest BCUT2D eigenvalue weighted by Gasteiger charge is -2.26. The maximum atomic E-state index is 12.1. The molecule has 1 aliphatic rings. The molecule has 3 rings (SSSR count). The third kappa shape index (κ3) is 2.14. The molecule has 0 radical (unpaired) electrons. The van der Waals surface area contributed by atoms with Crippen molar-refractivity contribution in [2.24, 2.45) is 0 Å². The molecule has 0 saturated heterocycles. The smallest absolute Gasteiger partial charge is 0.269 e. The van der Waals surface area contributed by atoms with Gasteiger partial charge in [-0.25, -0.2) is 0 Å². The minimum Gasteiger partial charge on any atom is -0.377 e. The van der Waals surface area contributed by atoms with Gasteiger partial charge >= 0.3 is 0 Å². The number of para-hydroxylation sites is 1. The van der Waals surface area contributed by atoms with Crippen molar-refractivity contribution in [3.05, 3.63) is 69.8 Å². The molecule has 0 saturated carbocycles. The number of Topliss-reactive ketones (excluding diaryl/α,β-unsaturated/α-hetero) is 1. The molecule has 0 fully saturated rings. The third-order valence-electron chi connectivity index (χ3n) is 3.45. The largest absolute Gasteiger partial charge is 0.377 e. The molecule has 0 aliphatic carbocycles. The highest BCUT2D eigenvalue weighted by atomic mass is 16.6. The van der Waals surface area contributed by atoms with Crippen LogP contribution in [0.5, 0.6) is 0 Å². The van der Waals surface area contributed by atoms with E-state index in [0.717, 1.165) is 11.3 Å². The number of hydrogen-bond donors (Lipinski definition) is 1. The van der Waals surface area contributed by atoms with Crippen LogP contribution in [0.15, 0.2) is 48.5 Å². The summed E-state index contributed by atoms with van der Waals surface area (Å²) < 4.78 is 0. The predicted molar refractivity (Wildman–Crippen MR) is 74.8 cm³/mol. The van der Waals surface area contributed by atoms with Crippen molar-refractivity contribution in [2.45, 2.75) is 12.5 Å². The Morgan fingerprint density at radius 2 is 1.80 bits per heavy atom. The van der Waals surface area contributed by atoms with Crippen LogP contribution in [0.1, 0.15) is 28.4 Å². The summed E-state index contributed by atoms with van der Waals surface area (Å²) in [6.45, 7) is 0. The first kappa shape index (κ1) is 12.3. The molecule has 5 nitrogen and oxygen atoms in total. The summed E-state index contributed by atoms with van der Waals surface area (Å²) >= 11 is 0. The molecule has 2 aromatic carbocycles. The van der Waals surface area contributed by atoms with Crippen molar-refractivity contribution in [1.29, 1.82) is 0 Å². The summed E-state index contributed by atoms with van der Waals surface area (Å²) in [4.78, 5) is 22.3. The molecule has 1 atom stereocenters. The summed E-state index contributed by atoms with van der Waals surface area (Å²) in [7, 11) is 0. The SMILES string of the molecule is O=C1C[C@@H](c2ccc([N+](=O)[O-])cc2)Nc2ccccc21. The number of anilines is 1. The Labute approximate surface area is 115 Å². The second-order valence-electron chi connectivity index (χ2n) is 4.72. The molecule has 5 heteroatoms. The molecular formula is C15H12N2O3. The summed E-state index contributed by atoms with van der Waals surface area (Å²) in [5.41, 5.74) is 2.44. The van der Waals surface area contributed by atoms with E-state index >= 15 is 0 Å². The van der Waals surface area contributed by atoms with Gasteiger partial charge in [-0.05, 0) is 17.7 Å². The zero-order valence-electron chi connectivity index (χ0n) is 10.6. The highest BCUT2D eigenvalue weighted by Gasteiger charge is 2.25. The lowest BCUT2D eigenvalue weighted by molar-refractivity contribution is -0.384. The number of nitrogens with zero attached hydrogens (tertiary/aromatic N) is 1. The van der Waals surface area contributed by atoms with Crippen molar-refractivity contribution >= 4 is 17.2 Å². The van der Waals surface area contributed by atoms with Crippen LogP contribution in [-0.2, 0) is 0 Å². The Bertz CT molecular complexity index is 680. The highest BCUT2D eigenvalue weighted by Crippen LogP contribution is 2.32. The number of ketones is 1. The van der Waals surface area contributed by atoms with Gasteiger partial charge in [0.1, 0.15) is 0 Å². The van der Waals surface area contributed by atoms with Gasteiger partial charge in [0.2, 0.25) is 0 Å². The van der Waals surface area contributed by atoms with Crippen LogP contribution >= 0.6 is 0 Å². The first-order chi connectivity index (χ1) is 9.65. The number of fused-ring (bicyclic) bond motifs is 1. The normalized spacial score (nSPS) is 17.2. The Morgan fingerprint density at radius 3 is 2.50 bits per heavy atom. The van der Waals surface area contributed by atoms with E-state index in [1.54, 1.807) is 18.2 Å². The Hall–Kier alpha value is -2.69. The number of carbonyl (C=O) groups is 1. The maximum Gasteiger partial charge on any atom is 0.269 e. The molecule has 0 spiro atoms. The van der Waals surface area contributed by atoms with Gasteiger partial charge in [0.15, 0.2) is 5.78 Å². The van der Waals surface area contributed by atoms with E-state index in [1.807, 2.05) is 18.2 Å². The zero-order valence-corrected chi connectivity index (χ0v) is 10.6. The van der Waals surface area contributed by atoms with Gasteiger partial charge in [-0.1, -0.05) is 24.3 Å². The van der Waals surface area contributed by atoms with Gasteiger partial charge in [-0.2, -0.15) is 0 Å². The van der Waals surface area contributed by atoms with Gasteiger partial charge in [0.25, 0.3) is 5.69 Å². The highest BCUT2D eigenvalue weighted by molar-refractivity contribution is 6.03. The van der Waals surface area contributed by atoms with Crippen molar-refractivity contribution in [2.75, 3.05) is 5.32 Å². The number of non-ortho nitro benzene ring substituents is 1. The second-order valence-corrected chi connectivity index (χ2v) is 4.72. The van der Waals surface area contributed by atoms with Crippen LogP contribution in [-0.4, -0.2) is 10.7 Å². The fourth-order valence-corrected chi connectivity index (χ4v) is 2.42. The van der Waals surface area contributed by atoms with Crippen LogP contribution in [0.2, 0.25) is 0 Å². The standard InChI is InChI=1S/C15H12N2O3/c18-15-9-14(16-13-4-2-1-3-12(13)15)10-5-7-11(8-6-10)17(19)20/h1-8,14,16H,9H2/t14-/m0/s1. The van der Waals surface area contributed by atoms with E-state index in [9.17, 15) is 14.9 Å². The molecule has 0 bridgehead atoms. The quantitative estimate of drug-likeness (QED) is 0.669. The predicted octanol–water partition coefficient (Wildman–Crippen LogP) is 3.33. The van der Waals surface area contributed by atoms with E-state index < -0.39 is 4.92 Å². The van der Waals surface area contributed by atoms with Crippen LogP contribution < -0.4 is 5.32 Å². The Morgan fingerprint density at radius 1 is 1.10 bits per heavy atom. The molecule has 0 aromatic heterocycles. The molecule has 100 valence electrons. The second kappa shape index (κ2) is 4.77. The molecule has 0 amide bonds. The fraction of sp³-hybridized carbons (Fsp3) is 0.133. The topological polar surface area (TPSA) is 72.2 Å². The number of nitrogens with one attached hydrogen (secondary N) is 1. The molecule has 1 aliphatic heterocycles. The van der Waals surface area contributed by atoms with E-state index in [-0.39, 0.29) is 17.5 Å². The average Bonchev–Trinajstić information content (AvgIpc) is 2.47. The van der Waals surface area contributed by atoms with Crippen molar-refractivity contribution in [3.8, 4) is 0 Å². The Balaban J connectivity index is 1.90. The summed E-state index contributed by atoms with van der Waals surface area (Å²) in [6.07, 6.45) is 0.356. The van der Waals surface area contributed by atoms with Gasteiger partial charge < -0.3 is 5.32 Å². The molecule has 2 aromatic rings. The van der Waals surface area contributed by atoms with Crippen LogP contribution in [0.3, 0.4) is 0 Å². The van der Waals surface area contributed by atoms with Gasteiger partial charge in [-0.15, -0.1) is 0 Å². The first-order valence-corrected chi connectivity index (χ1v) is 6.28. The minimum absolute atomic E-state index is 0.0521. The number of carbonyl (C=O) groups excluding carboxylic acids is 1. The van der Waals surface area contributed by atoms with Crippen molar-refractivity contribution in [3.63, 3.8) is 0 Å². The molecule has 0 unspecified atom stereocenters. The summed E-state index contributed by atoms with van der Waals surface area (Å²) in [5, 5.41) is 13.9. The minimum atomic E-state index is -0.432. The number of hydrogen-bond acceptors (Lipinski definition) is 4. The fourth-order valence-electron chi connectivity index (χ4n) is 2.42. The van der Waals surface area contributed by atoms with Crippen LogP contribution in [0.4, 0.5) is 11.4 Å². The van der Waals surface area contributed by atoms with E-state index in [4.69, 9.17) is 0 Å². The summed E-state index contributed by atoms with van der Waals surface area (Å²) in [5.74, 6) is 0.0858. The number of nitro groups is 1. The van der Waals surface area contributed by atoms with E-state index in [0.29, 0.717) is 12.0 Å².